The average Bonchev–Trinajstić information content (AvgIpc) is 2.56. The van der Waals surface area contributed by atoms with Crippen molar-refractivity contribution in [3.63, 3.8) is 0 Å². The number of alkyl halides is 3. The Labute approximate surface area is 165 Å². The van der Waals surface area contributed by atoms with Gasteiger partial charge in [-0.15, -0.1) is 0 Å². The Morgan fingerprint density at radius 3 is 2.52 bits per heavy atom. The Balaban J connectivity index is 2.55. The van der Waals surface area contributed by atoms with Crippen LogP contribution >= 0.6 is 34.8 Å². The first-order chi connectivity index (χ1) is 12.5. The third kappa shape index (κ3) is 5.03. The number of esters is 1. The van der Waals surface area contributed by atoms with E-state index >= 15 is 0 Å². The van der Waals surface area contributed by atoms with Crippen molar-refractivity contribution in [1.29, 1.82) is 0 Å². The maximum absolute atomic E-state index is 12.7. The van der Waals surface area contributed by atoms with Gasteiger partial charge in [-0.2, -0.15) is 13.2 Å². The molecule has 0 aliphatic rings. The first-order valence-corrected chi connectivity index (χ1v) is 8.39. The third-order valence-corrected chi connectivity index (χ3v) is 4.02. The molecule has 1 aromatic heterocycles. The first-order valence-electron chi connectivity index (χ1n) is 7.25. The summed E-state index contributed by atoms with van der Waals surface area (Å²) in [5.41, 5.74) is -2.16. The van der Waals surface area contributed by atoms with Crippen LogP contribution in [0, 0.1) is 0 Å². The Hall–Kier alpha value is -2.03. The van der Waals surface area contributed by atoms with E-state index in [1.54, 1.807) is 6.92 Å². The minimum atomic E-state index is -4.82. The number of carbonyl (C=O) groups is 1. The highest BCUT2D eigenvalue weighted by atomic mass is 35.5. The molecule has 0 aliphatic heterocycles. The van der Waals surface area contributed by atoms with Crippen LogP contribution in [-0.4, -0.2) is 22.1 Å². The zero-order chi connectivity index (χ0) is 20.4. The van der Waals surface area contributed by atoms with Gasteiger partial charge in [-0.3, -0.25) is 9.36 Å². The number of ether oxygens (including phenoxy) is 1. The summed E-state index contributed by atoms with van der Waals surface area (Å²) >= 11 is 17.6. The Bertz CT molecular complexity index is 972. The second kappa shape index (κ2) is 8.33. The van der Waals surface area contributed by atoms with Crippen molar-refractivity contribution in [3.8, 4) is 5.69 Å². The van der Waals surface area contributed by atoms with Gasteiger partial charge in [0.15, 0.2) is 5.69 Å². The van der Waals surface area contributed by atoms with Crippen LogP contribution in [0.25, 0.3) is 11.8 Å². The van der Waals surface area contributed by atoms with Crippen LogP contribution in [0.5, 0.6) is 0 Å². The van der Waals surface area contributed by atoms with Crippen LogP contribution in [0.2, 0.25) is 10.3 Å². The maximum Gasteiger partial charge on any atom is 0.433 e. The SMILES string of the molecule is CCOC(=O)C(Cl)=Cc1cc(-n2c(Cl)nc(C(F)(F)F)cc2=O)ccc1Cl. The van der Waals surface area contributed by atoms with E-state index in [-0.39, 0.29) is 27.9 Å². The molecule has 0 N–H and O–H groups in total. The van der Waals surface area contributed by atoms with E-state index in [2.05, 4.69) is 4.98 Å². The molecule has 0 spiro atoms. The summed E-state index contributed by atoms with van der Waals surface area (Å²) in [6.07, 6.45) is -3.62. The maximum atomic E-state index is 12.7. The lowest BCUT2D eigenvalue weighted by Crippen LogP contribution is -2.23. The van der Waals surface area contributed by atoms with Gasteiger partial charge in [-0.1, -0.05) is 23.2 Å². The van der Waals surface area contributed by atoms with E-state index in [9.17, 15) is 22.8 Å². The molecular formula is C16H10Cl3F3N2O3. The predicted octanol–water partition coefficient (Wildman–Crippen LogP) is 4.70. The van der Waals surface area contributed by atoms with Crippen LogP contribution in [-0.2, 0) is 15.7 Å². The minimum absolute atomic E-state index is 0.0789. The normalized spacial score (nSPS) is 12.2. The summed E-state index contributed by atoms with van der Waals surface area (Å²) in [4.78, 5) is 26.9. The van der Waals surface area contributed by atoms with Gasteiger partial charge in [0.2, 0.25) is 5.28 Å². The molecule has 27 heavy (non-hydrogen) atoms. The molecule has 0 bridgehead atoms. The standard InChI is InChI=1S/C16H10Cl3F3N2O3/c1-2-27-14(26)11(18)6-8-5-9(3-4-10(8)17)24-13(25)7-12(16(20,21)22)23-15(24)19/h3-7H,2H2,1H3. The summed E-state index contributed by atoms with van der Waals surface area (Å²) in [5, 5.41) is -0.798. The highest BCUT2D eigenvalue weighted by Gasteiger charge is 2.34. The number of rotatable bonds is 4. The summed E-state index contributed by atoms with van der Waals surface area (Å²) in [6, 6.07) is 4.34. The molecule has 2 rings (SSSR count). The quantitative estimate of drug-likeness (QED) is 0.392. The lowest BCUT2D eigenvalue weighted by Gasteiger charge is -2.12. The molecule has 0 radical (unpaired) electrons. The van der Waals surface area contributed by atoms with Gasteiger partial charge >= 0.3 is 12.1 Å². The van der Waals surface area contributed by atoms with Crippen molar-refractivity contribution < 1.29 is 22.7 Å². The number of hydrogen-bond acceptors (Lipinski definition) is 4. The monoisotopic (exact) mass is 440 g/mol. The van der Waals surface area contributed by atoms with Crippen LogP contribution in [0.4, 0.5) is 13.2 Å². The molecule has 0 saturated carbocycles. The van der Waals surface area contributed by atoms with Crippen LogP contribution < -0.4 is 5.56 Å². The van der Waals surface area contributed by atoms with E-state index in [1.807, 2.05) is 0 Å². The van der Waals surface area contributed by atoms with Gasteiger partial charge in [0.1, 0.15) is 5.03 Å². The smallest absolute Gasteiger partial charge is 0.433 e. The lowest BCUT2D eigenvalue weighted by atomic mass is 10.1. The topological polar surface area (TPSA) is 61.2 Å². The molecule has 0 amide bonds. The van der Waals surface area contributed by atoms with E-state index in [1.165, 1.54) is 24.3 Å². The highest BCUT2D eigenvalue weighted by Crippen LogP contribution is 2.29. The van der Waals surface area contributed by atoms with Crippen LogP contribution in [0.3, 0.4) is 0 Å². The molecule has 144 valence electrons. The summed E-state index contributed by atoms with van der Waals surface area (Å²) in [5.74, 6) is -0.785. The average molecular weight is 442 g/mol. The molecule has 11 heteroatoms. The van der Waals surface area contributed by atoms with E-state index < -0.39 is 28.7 Å². The van der Waals surface area contributed by atoms with Gasteiger partial charge < -0.3 is 4.74 Å². The fraction of sp³-hybridized carbons (Fsp3) is 0.188. The van der Waals surface area contributed by atoms with Gasteiger partial charge in [0.05, 0.1) is 12.3 Å². The van der Waals surface area contributed by atoms with Gasteiger partial charge in [0.25, 0.3) is 5.56 Å². The molecule has 5 nitrogen and oxygen atoms in total. The number of carbonyl (C=O) groups excluding carboxylic acids is 1. The number of aromatic nitrogens is 2. The number of benzene rings is 1. The zero-order valence-corrected chi connectivity index (χ0v) is 15.7. The number of nitrogens with zero attached hydrogens (tertiary/aromatic N) is 2. The summed E-state index contributed by atoms with van der Waals surface area (Å²) < 4.78 is 43.7. The Kier molecular flexibility index (Phi) is 6.56. The zero-order valence-electron chi connectivity index (χ0n) is 13.5. The minimum Gasteiger partial charge on any atom is -0.462 e. The van der Waals surface area contributed by atoms with E-state index in [0.29, 0.717) is 6.07 Å². The van der Waals surface area contributed by atoms with Crippen molar-refractivity contribution in [1.82, 2.24) is 9.55 Å². The fourth-order valence-corrected chi connectivity index (χ4v) is 2.63. The fourth-order valence-electron chi connectivity index (χ4n) is 2.01. The summed E-state index contributed by atoms with van der Waals surface area (Å²) in [7, 11) is 0. The van der Waals surface area contributed by atoms with Crippen molar-refractivity contribution in [2.45, 2.75) is 13.1 Å². The lowest BCUT2D eigenvalue weighted by molar-refractivity contribution is -0.141. The Morgan fingerprint density at radius 1 is 1.30 bits per heavy atom. The third-order valence-electron chi connectivity index (χ3n) is 3.16. The van der Waals surface area contributed by atoms with Crippen molar-refractivity contribution >= 4 is 46.8 Å². The first kappa shape index (κ1) is 21.3. The van der Waals surface area contributed by atoms with Crippen LogP contribution in [0.1, 0.15) is 18.2 Å². The number of halogens is 6. The van der Waals surface area contributed by atoms with Gasteiger partial charge in [0, 0.05) is 11.1 Å². The second-order valence-corrected chi connectivity index (χ2v) is 6.15. The molecule has 0 unspecified atom stereocenters. The molecule has 0 aliphatic carbocycles. The summed E-state index contributed by atoms with van der Waals surface area (Å²) in [6.45, 7) is 1.71. The van der Waals surface area contributed by atoms with Crippen LogP contribution in [0.15, 0.2) is 34.1 Å². The van der Waals surface area contributed by atoms with Crippen molar-refractivity contribution in [3.05, 3.63) is 61.2 Å². The molecule has 0 saturated heterocycles. The van der Waals surface area contributed by atoms with E-state index in [4.69, 9.17) is 39.5 Å². The van der Waals surface area contributed by atoms with Gasteiger partial charge in [-0.25, -0.2) is 9.78 Å². The molecular weight excluding hydrogens is 432 g/mol. The largest absolute Gasteiger partial charge is 0.462 e. The highest BCUT2D eigenvalue weighted by molar-refractivity contribution is 6.43. The van der Waals surface area contributed by atoms with Gasteiger partial charge in [-0.05, 0) is 48.4 Å². The Morgan fingerprint density at radius 2 is 1.96 bits per heavy atom. The van der Waals surface area contributed by atoms with E-state index in [0.717, 1.165) is 4.57 Å². The molecule has 1 heterocycles. The van der Waals surface area contributed by atoms with Crippen molar-refractivity contribution in [2.75, 3.05) is 6.61 Å². The predicted molar refractivity (Wildman–Crippen MR) is 95.3 cm³/mol. The number of hydrogen-bond donors (Lipinski definition) is 0. The molecule has 0 atom stereocenters. The second-order valence-electron chi connectivity index (χ2n) is 5.00. The molecule has 2 aromatic rings. The molecule has 1 aromatic carbocycles. The molecule has 0 fully saturated rings. The van der Waals surface area contributed by atoms with Crippen molar-refractivity contribution in [2.24, 2.45) is 0 Å².